The fourth-order valence-electron chi connectivity index (χ4n) is 0.817. The number of guanidine groups is 1. The first-order valence-corrected chi connectivity index (χ1v) is 6.67. The molecule has 0 aliphatic heterocycles. The first kappa shape index (κ1) is 15.1. The molecule has 0 aliphatic carbocycles. The van der Waals surface area contributed by atoms with Gasteiger partial charge in [0.2, 0.25) is 10.0 Å². The molecule has 16 heavy (non-hydrogen) atoms. The van der Waals surface area contributed by atoms with E-state index in [0.717, 1.165) is 0 Å². The second-order valence-corrected chi connectivity index (χ2v) is 5.08. The van der Waals surface area contributed by atoms with Crippen molar-refractivity contribution >= 4 is 16.0 Å². The predicted octanol–water partition coefficient (Wildman–Crippen LogP) is -1.52. The first-order valence-electron chi connectivity index (χ1n) is 5.02. The Bertz CT molecular complexity index is 302. The second-order valence-electron chi connectivity index (χ2n) is 2.98. The Balaban J connectivity index is 3.67. The number of hydrogen-bond donors (Lipinski definition) is 3. The van der Waals surface area contributed by atoms with Crippen molar-refractivity contribution < 1.29 is 13.2 Å². The van der Waals surface area contributed by atoms with Crippen molar-refractivity contribution in [3.8, 4) is 0 Å². The van der Waals surface area contributed by atoms with Crippen LogP contribution < -0.4 is 15.8 Å². The van der Waals surface area contributed by atoms with Crippen molar-refractivity contribution in [2.75, 3.05) is 39.1 Å². The van der Waals surface area contributed by atoms with Crippen LogP contribution >= 0.6 is 0 Å². The fraction of sp³-hybridized carbons (Fsp3) is 0.875. The van der Waals surface area contributed by atoms with Crippen LogP contribution in [0.15, 0.2) is 4.99 Å². The highest BCUT2D eigenvalue weighted by Gasteiger charge is 2.03. The third-order valence-corrected chi connectivity index (χ3v) is 3.11. The van der Waals surface area contributed by atoms with E-state index in [0.29, 0.717) is 19.7 Å². The number of hydrogen-bond acceptors (Lipinski definition) is 4. The summed E-state index contributed by atoms with van der Waals surface area (Å²) in [6, 6.07) is 0. The lowest BCUT2D eigenvalue weighted by Crippen LogP contribution is -2.35. The molecule has 0 saturated heterocycles. The SMILES string of the molecule is CCS(=O)(=O)NCCN=C(N)NCCOC. The zero-order valence-electron chi connectivity index (χ0n) is 9.69. The lowest BCUT2D eigenvalue weighted by molar-refractivity contribution is 0.204. The highest BCUT2D eigenvalue weighted by atomic mass is 32.2. The van der Waals surface area contributed by atoms with Crippen LogP contribution in [-0.4, -0.2) is 53.5 Å². The van der Waals surface area contributed by atoms with Gasteiger partial charge in [0, 0.05) is 20.2 Å². The van der Waals surface area contributed by atoms with Gasteiger partial charge in [0.15, 0.2) is 5.96 Å². The molecular formula is C8H20N4O3S. The van der Waals surface area contributed by atoms with Crippen LogP contribution in [0.5, 0.6) is 0 Å². The van der Waals surface area contributed by atoms with Crippen molar-refractivity contribution in [1.29, 1.82) is 0 Å². The van der Waals surface area contributed by atoms with E-state index in [1.54, 1.807) is 14.0 Å². The molecule has 8 heteroatoms. The van der Waals surface area contributed by atoms with E-state index in [-0.39, 0.29) is 18.3 Å². The molecule has 0 aromatic heterocycles. The van der Waals surface area contributed by atoms with Crippen LogP contribution in [0.1, 0.15) is 6.92 Å². The zero-order valence-corrected chi connectivity index (χ0v) is 10.5. The summed E-state index contributed by atoms with van der Waals surface area (Å²) >= 11 is 0. The Morgan fingerprint density at radius 3 is 2.69 bits per heavy atom. The summed E-state index contributed by atoms with van der Waals surface area (Å²) in [6.45, 7) is 3.26. The number of aliphatic imine (C=N–C) groups is 1. The van der Waals surface area contributed by atoms with Gasteiger partial charge in [0.05, 0.1) is 18.9 Å². The number of sulfonamides is 1. The maximum absolute atomic E-state index is 11.0. The summed E-state index contributed by atoms with van der Waals surface area (Å²) in [5, 5.41) is 2.82. The molecule has 0 spiro atoms. The highest BCUT2D eigenvalue weighted by Crippen LogP contribution is 1.81. The molecular weight excluding hydrogens is 232 g/mol. The third kappa shape index (κ3) is 8.45. The van der Waals surface area contributed by atoms with Gasteiger partial charge in [-0.1, -0.05) is 0 Å². The van der Waals surface area contributed by atoms with Gasteiger partial charge in [-0.15, -0.1) is 0 Å². The smallest absolute Gasteiger partial charge is 0.211 e. The molecule has 0 aliphatic rings. The molecule has 0 atom stereocenters. The van der Waals surface area contributed by atoms with Gasteiger partial charge in [0.1, 0.15) is 0 Å². The van der Waals surface area contributed by atoms with E-state index >= 15 is 0 Å². The van der Waals surface area contributed by atoms with Gasteiger partial charge in [-0.05, 0) is 6.92 Å². The minimum absolute atomic E-state index is 0.0677. The monoisotopic (exact) mass is 252 g/mol. The molecule has 0 saturated carbocycles. The lowest BCUT2D eigenvalue weighted by Gasteiger charge is -2.05. The number of methoxy groups -OCH3 is 1. The minimum atomic E-state index is -3.14. The lowest BCUT2D eigenvalue weighted by atomic mass is 10.6. The molecule has 96 valence electrons. The van der Waals surface area contributed by atoms with Gasteiger partial charge in [0.25, 0.3) is 0 Å². The molecule has 0 amide bonds. The number of nitrogens with two attached hydrogens (primary N) is 1. The van der Waals surface area contributed by atoms with Crippen LogP contribution in [0.4, 0.5) is 0 Å². The van der Waals surface area contributed by atoms with Crippen LogP contribution in [0.25, 0.3) is 0 Å². The Kier molecular flexibility index (Phi) is 7.86. The molecule has 7 nitrogen and oxygen atoms in total. The summed E-state index contributed by atoms with van der Waals surface area (Å²) in [5.74, 6) is 0.353. The van der Waals surface area contributed by atoms with Gasteiger partial charge < -0.3 is 15.8 Å². The minimum Gasteiger partial charge on any atom is -0.383 e. The van der Waals surface area contributed by atoms with E-state index in [9.17, 15) is 8.42 Å². The molecule has 0 aromatic carbocycles. The molecule has 0 heterocycles. The molecule has 0 rings (SSSR count). The first-order chi connectivity index (χ1) is 7.52. The Labute approximate surface area is 96.5 Å². The number of ether oxygens (including phenoxy) is 1. The Morgan fingerprint density at radius 1 is 1.44 bits per heavy atom. The quantitative estimate of drug-likeness (QED) is 0.276. The molecule has 0 bridgehead atoms. The van der Waals surface area contributed by atoms with Gasteiger partial charge in [-0.2, -0.15) is 0 Å². The second kappa shape index (κ2) is 8.31. The van der Waals surface area contributed by atoms with Crippen LogP contribution in [0, 0.1) is 0 Å². The van der Waals surface area contributed by atoms with Crippen LogP contribution in [0.2, 0.25) is 0 Å². The Hall–Kier alpha value is -0.860. The fourth-order valence-corrected chi connectivity index (χ4v) is 1.42. The summed E-state index contributed by atoms with van der Waals surface area (Å²) in [7, 11) is -1.55. The molecule has 0 fully saturated rings. The largest absolute Gasteiger partial charge is 0.383 e. The van der Waals surface area contributed by atoms with Gasteiger partial charge >= 0.3 is 0 Å². The number of nitrogens with zero attached hydrogens (tertiary/aromatic N) is 1. The molecule has 0 radical (unpaired) electrons. The van der Waals surface area contributed by atoms with Crippen LogP contribution in [0.3, 0.4) is 0 Å². The Morgan fingerprint density at radius 2 is 2.12 bits per heavy atom. The summed E-state index contributed by atoms with van der Waals surface area (Å²) in [6.07, 6.45) is 0. The van der Waals surface area contributed by atoms with E-state index in [2.05, 4.69) is 15.0 Å². The highest BCUT2D eigenvalue weighted by molar-refractivity contribution is 7.89. The average molecular weight is 252 g/mol. The van der Waals surface area contributed by atoms with E-state index < -0.39 is 10.0 Å². The maximum Gasteiger partial charge on any atom is 0.211 e. The normalized spacial score (nSPS) is 12.8. The van der Waals surface area contributed by atoms with Crippen molar-refractivity contribution in [3.63, 3.8) is 0 Å². The van der Waals surface area contributed by atoms with E-state index in [1.165, 1.54) is 0 Å². The summed E-state index contributed by atoms with van der Waals surface area (Å²) in [4.78, 5) is 3.93. The number of rotatable bonds is 8. The average Bonchev–Trinajstić information content (AvgIpc) is 2.25. The van der Waals surface area contributed by atoms with E-state index in [4.69, 9.17) is 10.5 Å². The summed E-state index contributed by atoms with van der Waals surface area (Å²) in [5.41, 5.74) is 5.50. The zero-order chi connectivity index (χ0) is 12.4. The molecule has 4 N–H and O–H groups in total. The van der Waals surface area contributed by atoms with Crippen molar-refractivity contribution in [2.24, 2.45) is 10.7 Å². The topological polar surface area (TPSA) is 106 Å². The standard InChI is InChI=1S/C8H20N4O3S/c1-3-16(13,14)12-5-4-10-8(9)11-6-7-15-2/h12H,3-7H2,1-2H3,(H3,9,10,11). The maximum atomic E-state index is 11.0. The van der Waals surface area contributed by atoms with Crippen molar-refractivity contribution in [3.05, 3.63) is 0 Å². The van der Waals surface area contributed by atoms with Crippen LogP contribution in [-0.2, 0) is 14.8 Å². The molecule has 0 unspecified atom stereocenters. The summed E-state index contributed by atoms with van der Waals surface area (Å²) < 4.78 is 29.3. The van der Waals surface area contributed by atoms with Crippen molar-refractivity contribution in [1.82, 2.24) is 10.0 Å². The predicted molar refractivity (Wildman–Crippen MR) is 63.8 cm³/mol. The van der Waals surface area contributed by atoms with Gasteiger partial charge in [-0.3, -0.25) is 4.99 Å². The third-order valence-electron chi connectivity index (χ3n) is 1.71. The van der Waals surface area contributed by atoms with E-state index in [1.807, 2.05) is 0 Å². The molecule has 0 aromatic rings. The van der Waals surface area contributed by atoms with Gasteiger partial charge in [-0.25, -0.2) is 13.1 Å². The van der Waals surface area contributed by atoms with Crippen molar-refractivity contribution in [2.45, 2.75) is 6.92 Å². The number of nitrogens with one attached hydrogen (secondary N) is 2.